The SMILES string of the molecule is Cc1cc(Cl)cc2c1CCC(C(=O)Nc1ccc(C[N+](C)(C)C3CCCCC3)cc1)=C2. The Kier molecular flexibility index (Phi) is 6.55. The topological polar surface area (TPSA) is 29.1 Å². The van der Waals surface area contributed by atoms with E-state index in [1.54, 1.807) is 0 Å². The van der Waals surface area contributed by atoms with E-state index in [0.717, 1.165) is 51.8 Å². The average molecular weight is 438 g/mol. The zero-order valence-electron chi connectivity index (χ0n) is 19.0. The highest BCUT2D eigenvalue weighted by molar-refractivity contribution is 6.30. The number of hydrogen-bond donors (Lipinski definition) is 1. The highest BCUT2D eigenvalue weighted by atomic mass is 35.5. The number of hydrogen-bond acceptors (Lipinski definition) is 1. The number of quaternary nitrogens is 1. The van der Waals surface area contributed by atoms with Crippen molar-refractivity contribution in [1.82, 2.24) is 0 Å². The van der Waals surface area contributed by atoms with Crippen molar-refractivity contribution in [3.05, 3.63) is 69.2 Å². The molecule has 1 amide bonds. The van der Waals surface area contributed by atoms with Crippen LogP contribution in [0.2, 0.25) is 5.02 Å². The minimum Gasteiger partial charge on any atom is -0.322 e. The van der Waals surface area contributed by atoms with E-state index in [1.807, 2.05) is 30.3 Å². The van der Waals surface area contributed by atoms with Gasteiger partial charge in [-0.15, -0.1) is 0 Å². The maximum absolute atomic E-state index is 12.9. The van der Waals surface area contributed by atoms with E-state index in [1.165, 1.54) is 48.8 Å². The first kappa shape index (κ1) is 22.1. The molecule has 1 saturated carbocycles. The molecule has 2 aliphatic rings. The Hall–Kier alpha value is -2.10. The Morgan fingerprint density at radius 1 is 1.06 bits per heavy atom. The third-order valence-corrected chi connectivity index (χ3v) is 7.32. The Morgan fingerprint density at radius 3 is 2.48 bits per heavy atom. The lowest BCUT2D eigenvalue weighted by molar-refractivity contribution is -0.929. The smallest absolute Gasteiger partial charge is 0.251 e. The molecule has 31 heavy (non-hydrogen) atoms. The van der Waals surface area contributed by atoms with Crippen LogP contribution < -0.4 is 5.32 Å². The number of aryl methyl sites for hydroxylation is 1. The van der Waals surface area contributed by atoms with Crippen LogP contribution in [-0.4, -0.2) is 30.5 Å². The molecule has 0 heterocycles. The fourth-order valence-corrected chi connectivity index (χ4v) is 5.53. The molecule has 0 atom stereocenters. The summed E-state index contributed by atoms with van der Waals surface area (Å²) in [4.78, 5) is 12.9. The standard InChI is InChI=1S/C27H33ClN2O/c1-19-15-23(28)17-22-16-21(11-14-26(19)22)27(31)29-24-12-9-20(10-13-24)18-30(2,3)25-7-5-4-6-8-25/h9-10,12-13,15-17,25H,4-8,11,14,18H2,1-3H3/p+1. The van der Waals surface area contributed by atoms with Gasteiger partial charge in [0.05, 0.1) is 20.1 Å². The van der Waals surface area contributed by atoms with E-state index >= 15 is 0 Å². The molecular formula is C27H34ClN2O+. The first-order valence-electron chi connectivity index (χ1n) is 11.5. The molecule has 0 saturated heterocycles. The summed E-state index contributed by atoms with van der Waals surface area (Å²) in [6.45, 7) is 3.11. The maximum Gasteiger partial charge on any atom is 0.251 e. The largest absolute Gasteiger partial charge is 0.322 e. The number of halogens is 1. The number of carbonyl (C=O) groups excluding carboxylic acids is 1. The first-order valence-corrected chi connectivity index (χ1v) is 11.9. The van der Waals surface area contributed by atoms with Crippen LogP contribution >= 0.6 is 11.6 Å². The molecule has 4 rings (SSSR count). The average Bonchev–Trinajstić information content (AvgIpc) is 2.75. The van der Waals surface area contributed by atoms with Gasteiger partial charge in [-0.25, -0.2) is 0 Å². The second-order valence-electron chi connectivity index (χ2n) is 9.84. The monoisotopic (exact) mass is 437 g/mol. The number of carbonyl (C=O) groups is 1. The number of amides is 1. The van der Waals surface area contributed by atoms with Gasteiger partial charge in [0.2, 0.25) is 0 Å². The zero-order chi connectivity index (χ0) is 22.0. The van der Waals surface area contributed by atoms with Crippen molar-refractivity contribution in [2.75, 3.05) is 19.4 Å². The maximum atomic E-state index is 12.9. The molecule has 3 nitrogen and oxygen atoms in total. The van der Waals surface area contributed by atoms with Crippen LogP contribution in [0.3, 0.4) is 0 Å². The molecule has 0 spiro atoms. The summed E-state index contributed by atoms with van der Waals surface area (Å²) in [7, 11) is 4.71. The summed E-state index contributed by atoms with van der Waals surface area (Å²) < 4.78 is 1.04. The van der Waals surface area contributed by atoms with E-state index in [0.29, 0.717) is 0 Å². The van der Waals surface area contributed by atoms with Crippen LogP contribution in [0.4, 0.5) is 5.69 Å². The van der Waals surface area contributed by atoms with Gasteiger partial charge in [0.1, 0.15) is 6.54 Å². The Bertz CT molecular complexity index is 985. The zero-order valence-corrected chi connectivity index (χ0v) is 19.8. The molecule has 0 aromatic heterocycles. The number of nitrogens with zero attached hydrogens (tertiary/aromatic N) is 1. The molecule has 4 heteroatoms. The third kappa shape index (κ3) is 5.22. The minimum atomic E-state index is -0.0191. The molecule has 0 bridgehead atoms. The molecule has 0 radical (unpaired) electrons. The van der Waals surface area contributed by atoms with Gasteiger partial charge in [-0.2, -0.15) is 0 Å². The Balaban J connectivity index is 1.41. The van der Waals surface area contributed by atoms with Crippen molar-refractivity contribution >= 4 is 29.3 Å². The van der Waals surface area contributed by atoms with Crippen molar-refractivity contribution in [2.45, 2.75) is 64.5 Å². The van der Waals surface area contributed by atoms with E-state index in [-0.39, 0.29) is 5.91 Å². The van der Waals surface area contributed by atoms with Crippen LogP contribution in [0.15, 0.2) is 42.0 Å². The van der Waals surface area contributed by atoms with Crippen LogP contribution in [-0.2, 0) is 17.8 Å². The number of nitrogens with one attached hydrogen (secondary N) is 1. The molecule has 2 aromatic rings. The third-order valence-electron chi connectivity index (χ3n) is 7.10. The van der Waals surface area contributed by atoms with Gasteiger partial charge in [-0.05, 0) is 92.5 Å². The molecule has 2 aromatic carbocycles. The predicted molar refractivity (Wildman–Crippen MR) is 130 cm³/mol. The van der Waals surface area contributed by atoms with Crippen molar-refractivity contribution in [3.8, 4) is 0 Å². The molecule has 1 N–H and O–H groups in total. The molecule has 0 unspecified atom stereocenters. The number of anilines is 1. The minimum absolute atomic E-state index is 0.0191. The van der Waals surface area contributed by atoms with Gasteiger partial charge >= 0.3 is 0 Å². The van der Waals surface area contributed by atoms with Crippen molar-refractivity contribution < 1.29 is 9.28 Å². The molecule has 1 fully saturated rings. The second kappa shape index (κ2) is 9.18. The Labute approximate surface area is 191 Å². The summed E-state index contributed by atoms with van der Waals surface area (Å²) in [6.07, 6.45) is 10.4. The fourth-order valence-electron chi connectivity index (χ4n) is 5.25. The van der Waals surface area contributed by atoms with Crippen molar-refractivity contribution in [1.29, 1.82) is 0 Å². The lowest BCUT2D eigenvalue weighted by Crippen LogP contribution is -2.48. The molecule has 2 aliphatic carbocycles. The number of benzene rings is 2. The van der Waals surface area contributed by atoms with Crippen LogP contribution in [0.1, 0.15) is 60.8 Å². The van der Waals surface area contributed by atoms with E-state index in [2.05, 4.69) is 38.5 Å². The number of rotatable bonds is 5. The first-order chi connectivity index (χ1) is 14.8. The summed E-state index contributed by atoms with van der Waals surface area (Å²) in [5.41, 5.74) is 6.55. The quantitative estimate of drug-likeness (QED) is 0.529. The number of fused-ring (bicyclic) bond motifs is 1. The van der Waals surface area contributed by atoms with Gasteiger partial charge in [-0.3, -0.25) is 4.79 Å². The van der Waals surface area contributed by atoms with Crippen LogP contribution in [0.25, 0.3) is 6.08 Å². The van der Waals surface area contributed by atoms with E-state index in [4.69, 9.17) is 11.6 Å². The van der Waals surface area contributed by atoms with Gasteiger partial charge in [-0.1, -0.05) is 30.2 Å². The highest BCUT2D eigenvalue weighted by Crippen LogP contribution is 2.30. The molecular weight excluding hydrogens is 404 g/mol. The summed E-state index contributed by atoms with van der Waals surface area (Å²) in [6, 6.07) is 13.1. The molecule has 164 valence electrons. The highest BCUT2D eigenvalue weighted by Gasteiger charge is 2.29. The van der Waals surface area contributed by atoms with Crippen LogP contribution in [0, 0.1) is 6.92 Å². The molecule has 0 aliphatic heterocycles. The van der Waals surface area contributed by atoms with Gasteiger partial charge in [0.25, 0.3) is 5.91 Å². The van der Waals surface area contributed by atoms with Gasteiger partial charge in [0.15, 0.2) is 0 Å². The van der Waals surface area contributed by atoms with E-state index < -0.39 is 0 Å². The van der Waals surface area contributed by atoms with Crippen LogP contribution in [0.5, 0.6) is 0 Å². The summed E-state index contributed by atoms with van der Waals surface area (Å²) >= 11 is 6.22. The lowest BCUT2D eigenvalue weighted by atomic mass is 9.89. The predicted octanol–water partition coefficient (Wildman–Crippen LogP) is 6.53. The summed E-state index contributed by atoms with van der Waals surface area (Å²) in [5.74, 6) is -0.0191. The van der Waals surface area contributed by atoms with Gasteiger partial charge in [0, 0.05) is 21.8 Å². The summed E-state index contributed by atoms with van der Waals surface area (Å²) in [5, 5.41) is 3.80. The Morgan fingerprint density at radius 2 is 1.77 bits per heavy atom. The lowest BCUT2D eigenvalue weighted by Gasteiger charge is -2.40. The van der Waals surface area contributed by atoms with Gasteiger partial charge < -0.3 is 9.80 Å². The normalized spacial score (nSPS) is 17.1. The van der Waals surface area contributed by atoms with Crippen molar-refractivity contribution in [3.63, 3.8) is 0 Å². The van der Waals surface area contributed by atoms with E-state index in [9.17, 15) is 4.79 Å². The fraction of sp³-hybridized carbons (Fsp3) is 0.444. The second-order valence-corrected chi connectivity index (χ2v) is 10.3. The van der Waals surface area contributed by atoms with Crippen molar-refractivity contribution in [2.24, 2.45) is 0 Å².